The summed E-state index contributed by atoms with van der Waals surface area (Å²) >= 11 is 0. The van der Waals surface area contributed by atoms with Crippen LogP contribution in [0.4, 0.5) is 23.1 Å². The number of anilines is 4. The Morgan fingerprint density at radius 1 is 1.15 bits per heavy atom. The number of hydrogen-bond donors (Lipinski definition) is 2. The topological polar surface area (TPSA) is 80.1 Å². The van der Waals surface area contributed by atoms with Gasteiger partial charge in [0.25, 0.3) is 0 Å². The van der Waals surface area contributed by atoms with Crippen LogP contribution in [0.3, 0.4) is 0 Å². The van der Waals surface area contributed by atoms with Crippen molar-refractivity contribution in [1.82, 2.24) is 14.9 Å². The first-order valence-electron chi connectivity index (χ1n) is 8.61. The Morgan fingerprint density at radius 2 is 1.88 bits per heavy atom. The van der Waals surface area contributed by atoms with Gasteiger partial charge in [-0.2, -0.15) is 10.2 Å². The van der Waals surface area contributed by atoms with Crippen LogP contribution in [0.5, 0.6) is 0 Å². The molecule has 2 aromatic rings. The summed E-state index contributed by atoms with van der Waals surface area (Å²) in [6.45, 7) is 4.28. The minimum atomic E-state index is 0.510. The first kappa shape index (κ1) is 17.7. The van der Waals surface area contributed by atoms with E-state index in [4.69, 9.17) is 5.26 Å². The van der Waals surface area contributed by atoms with Gasteiger partial charge in [0.15, 0.2) is 0 Å². The number of nitrogens with zero attached hydrogens (tertiary/aromatic N) is 5. The van der Waals surface area contributed by atoms with Gasteiger partial charge in [0.05, 0.1) is 6.07 Å². The zero-order valence-corrected chi connectivity index (χ0v) is 15.1. The fraction of sp³-hybridized carbons (Fsp3) is 0.316. The molecule has 1 aliphatic rings. The maximum absolute atomic E-state index is 8.65. The van der Waals surface area contributed by atoms with E-state index in [-0.39, 0.29) is 0 Å². The lowest BCUT2D eigenvalue weighted by atomic mass is 10.2. The van der Waals surface area contributed by atoms with Crippen LogP contribution >= 0.6 is 0 Å². The fourth-order valence-corrected chi connectivity index (χ4v) is 2.85. The van der Waals surface area contributed by atoms with Gasteiger partial charge >= 0.3 is 0 Å². The van der Waals surface area contributed by atoms with Crippen LogP contribution in [0.15, 0.2) is 36.5 Å². The van der Waals surface area contributed by atoms with E-state index in [1.165, 1.54) is 11.8 Å². The second-order valence-electron chi connectivity index (χ2n) is 6.17. The number of allylic oxidation sites excluding steroid dienone is 1. The van der Waals surface area contributed by atoms with Crippen molar-refractivity contribution in [2.45, 2.75) is 0 Å². The van der Waals surface area contributed by atoms with Gasteiger partial charge in [-0.05, 0) is 37.4 Å². The summed E-state index contributed by atoms with van der Waals surface area (Å²) < 4.78 is 0. The molecule has 1 aromatic heterocycles. The predicted octanol–water partition coefficient (Wildman–Crippen LogP) is 2.55. The molecule has 134 valence electrons. The lowest BCUT2D eigenvalue weighted by molar-refractivity contribution is 0.313. The smallest absolute Gasteiger partial charge is 0.229 e. The van der Waals surface area contributed by atoms with Gasteiger partial charge in [0, 0.05) is 62.4 Å². The van der Waals surface area contributed by atoms with Crippen LogP contribution < -0.4 is 15.5 Å². The molecule has 2 N–H and O–H groups in total. The van der Waals surface area contributed by atoms with Gasteiger partial charge < -0.3 is 20.4 Å². The van der Waals surface area contributed by atoms with E-state index in [1.807, 2.05) is 18.2 Å². The molecular weight excluding hydrogens is 326 g/mol. The number of aromatic nitrogens is 2. The van der Waals surface area contributed by atoms with Crippen LogP contribution in [0, 0.1) is 11.3 Å². The van der Waals surface area contributed by atoms with E-state index < -0.39 is 0 Å². The van der Waals surface area contributed by atoms with Crippen molar-refractivity contribution in [2.75, 3.05) is 55.8 Å². The van der Waals surface area contributed by atoms with Crippen molar-refractivity contribution in [3.63, 3.8) is 0 Å². The number of likely N-dealkylation sites (N-methyl/N-ethyl adjacent to an activating group) is 1. The van der Waals surface area contributed by atoms with Crippen molar-refractivity contribution in [1.29, 1.82) is 5.26 Å². The number of nitriles is 1. The second-order valence-corrected chi connectivity index (χ2v) is 6.17. The molecule has 0 saturated carbocycles. The number of rotatable bonds is 5. The molecule has 1 saturated heterocycles. The number of benzene rings is 1. The highest BCUT2D eigenvalue weighted by molar-refractivity contribution is 5.66. The average molecular weight is 349 g/mol. The maximum Gasteiger partial charge on any atom is 0.229 e. The minimum absolute atomic E-state index is 0.510. The van der Waals surface area contributed by atoms with Crippen molar-refractivity contribution in [3.8, 4) is 6.07 Å². The second kappa shape index (κ2) is 8.32. The number of nitrogens with one attached hydrogen (secondary N) is 2. The van der Waals surface area contributed by atoms with E-state index in [0.717, 1.165) is 37.4 Å². The molecule has 1 aliphatic heterocycles. The zero-order chi connectivity index (χ0) is 18.4. The molecule has 0 atom stereocenters. The molecule has 0 aliphatic carbocycles. The van der Waals surface area contributed by atoms with Crippen molar-refractivity contribution in [2.24, 2.45) is 0 Å². The molecule has 1 fully saturated rings. The summed E-state index contributed by atoms with van der Waals surface area (Å²) in [4.78, 5) is 13.5. The molecule has 0 unspecified atom stereocenters. The highest BCUT2D eigenvalue weighted by atomic mass is 15.2. The summed E-state index contributed by atoms with van der Waals surface area (Å²) in [5, 5.41) is 14.9. The fourth-order valence-electron chi connectivity index (χ4n) is 2.85. The van der Waals surface area contributed by atoms with Crippen molar-refractivity contribution >= 4 is 29.2 Å². The first-order valence-corrected chi connectivity index (χ1v) is 8.61. The SMILES string of the molecule is CNc1nc(Nc2ccc(N3CCN(C)CC3)cc2)ncc1/C=C/C#N. The third kappa shape index (κ3) is 4.29. The van der Waals surface area contributed by atoms with Gasteiger partial charge in [-0.25, -0.2) is 4.98 Å². The zero-order valence-electron chi connectivity index (χ0n) is 15.1. The largest absolute Gasteiger partial charge is 0.372 e. The summed E-state index contributed by atoms with van der Waals surface area (Å²) in [6.07, 6.45) is 4.78. The van der Waals surface area contributed by atoms with E-state index in [0.29, 0.717) is 11.8 Å². The molecular formula is C19H23N7. The predicted molar refractivity (Wildman–Crippen MR) is 106 cm³/mol. The van der Waals surface area contributed by atoms with Crippen LogP contribution in [-0.2, 0) is 0 Å². The Bertz CT molecular complexity index is 800. The van der Waals surface area contributed by atoms with Gasteiger partial charge in [0.1, 0.15) is 5.82 Å². The normalized spacial score (nSPS) is 15.0. The van der Waals surface area contributed by atoms with Gasteiger partial charge in [-0.3, -0.25) is 0 Å². The Labute approximate surface area is 154 Å². The molecule has 7 nitrogen and oxygen atoms in total. The Balaban J connectivity index is 1.69. The van der Waals surface area contributed by atoms with Crippen molar-refractivity contribution < 1.29 is 0 Å². The quantitative estimate of drug-likeness (QED) is 0.803. The molecule has 26 heavy (non-hydrogen) atoms. The van der Waals surface area contributed by atoms with Gasteiger partial charge in [-0.1, -0.05) is 0 Å². The van der Waals surface area contributed by atoms with E-state index in [1.54, 1.807) is 19.3 Å². The van der Waals surface area contributed by atoms with E-state index >= 15 is 0 Å². The molecule has 0 radical (unpaired) electrons. The summed E-state index contributed by atoms with van der Waals surface area (Å²) in [7, 11) is 3.95. The Kier molecular flexibility index (Phi) is 5.66. The van der Waals surface area contributed by atoms with Gasteiger partial charge in [0.2, 0.25) is 5.95 Å². The molecule has 3 rings (SSSR count). The van der Waals surface area contributed by atoms with Crippen molar-refractivity contribution in [3.05, 3.63) is 42.1 Å². The molecule has 0 amide bonds. The first-order chi connectivity index (χ1) is 12.7. The third-order valence-electron chi connectivity index (χ3n) is 4.38. The lowest BCUT2D eigenvalue weighted by Crippen LogP contribution is -2.44. The Morgan fingerprint density at radius 3 is 2.54 bits per heavy atom. The molecule has 1 aromatic carbocycles. The highest BCUT2D eigenvalue weighted by Crippen LogP contribution is 2.22. The van der Waals surface area contributed by atoms with Crippen LogP contribution in [0.25, 0.3) is 6.08 Å². The van der Waals surface area contributed by atoms with E-state index in [9.17, 15) is 0 Å². The maximum atomic E-state index is 8.65. The average Bonchev–Trinajstić information content (AvgIpc) is 2.68. The van der Waals surface area contributed by atoms with E-state index in [2.05, 4.69) is 49.6 Å². The summed E-state index contributed by atoms with van der Waals surface area (Å²) in [6, 6.07) is 10.3. The summed E-state index contributed by atoms with van der Waals surface area (Å²) in [5.74, 6) is 1.18. The van der Waals surface area contributed by atoms with Crippen LogP contribution in [0.2, 0.25) is 0 Å². The summed E-state index contributed by atoms with van der Waals surface area (Å²) in [5.41, 5.74) is 2.94. The molecule has 2 heterocycles. The van der Waals surface area contributed by atoms with Crippen LogP contribution in [-0.4, -0.2) is 55.1 Å². The lowest BCUT2D eigenvalue weighted by Gasteiger charge is -2.34. The molecule has 0 bridgehead atoms. The minimum Gasteiger partial charge on any atom is -0.372 e. The number of hydrogen-bond acceptors (Lipinski definition) is 7. The standard InChI is InChI=1S/C19H23N7/c1-21-18-15(4-3-9-20)14-22-19(24-18)23-16-5-7-17(8-6-16)26-12-10-25(2)11-13-26/h3-8,14H,10-13H2,1-2H3,(H2,21,22,23,24)/b4-3+. The molecule has 7 heteroatoms. The monoisotopic (exact) mass is 349 g/mol. The van der Waals surface area contributed by atoms with Crippen LogP contribution in [0.1, 0.15) is 5.56 Å². The number of piperazine rings is 1. The Hall–Kier alpha value is -3.11. The third-order valence-corrected chi connectivity index (χ3v) is 4.38. The highest BCUT2D eigenvalue weighted by Gasteiger charge is 2.14. The van der Waals surface area contributed by atoms with Gasteiger partial charge in [-0.15, -0.1) is 0 Å². The molecule has 0 spiro atoms.